The number of benzene rings is 1. The molecule has 0 atom stereocenters. The number of fused-ring (bicyclic) bond motifs is 1. The minimum absolute atomic E-state index is 0.164. The van der Waals surface area contributed by atoms with Crippen molar-refractivity contribution in [1.29, 1.82) is 0 Å². The molecular weight excluding hydrogens is 393 g/mol. The van der Waals surface area contributed by atoms with Crippen LogP contribution in [0.4, 0.5) is 0 Å². The van der Waals surface area contributed by atoms with E-state index in [0.29, 0.717) is 32.8 Å². The van der Waals surface area contributed by atoms with E-state index < -0.39 is 10.0 Å². The molecule has 3 aromatic rings. The molecule has 0 radical (unpaired) electrons. The molecule has 0 bridgehead atoms. The van der Waals surface area contributed by atoms with Crippen LogP contribution in [0, 0.1) is 0 Å². The molecule has 0 saturated carbocycles. The summed E-state index contributed by atoms with van der Waals surface area (Å²) in [6, 6.07) is 7.58. The van der Waals surface area contributed by atoms with Crippen molar-refractivity contribution in [3.63, 3.8) is 0 Å². The summed E-state index contributed by atoms with van der Waals surface area (Å²) in [5.41, 5.74) is 1.29. The normalized spacial score (nSPS) is 12.0. The number of rotatable bonds is 5. The number of hydrogen-bond donors (Lipinski definition) is 1. The highest BCUT2D eigenvalue weighted by atomic mass is 35.5. The monoisotopic (exact) mass is 403 g/mol. The fraction of sp³-hybridized carbons (Fsp3) is 0.133. The maximum Gasteiger partial charge on any atom is 0.240 e. The Morgan fingerprint density at radius 2 is 1.75 bits per heavy atom. The summed E-state index contributed by atoms with van der Waals surface area (Å²) in [4.78, 5) is 4.54. The molecule has 2 aromatic heterocycles. The van der Waals surface area contributed by atoms with Crippen LogP contribution < -0.4 is 4.72 Å². The molecule has 126 valence electrons. The maximum atomic E-state index is 12.2. The van der Waals surface area contributed by atoms with Crippen LogP contribution in [0.2, 0.25) is 15.1 Å². The van der Waals surface area contributed by atoms with Gasteiger partial charge in [0.1, 0.15) is 0 Å². The predicted molar refractivity (Wildman–Crippen MR) is 95.6 cm³/mol. The highest BCUT2D eigenvalue weighted by Gasteiger charge is 2.14. The number of nitrogens with zero attached hydrogens (tertiary/aromatic N) is 2. The quantitative estimate of drug-likeness (QED) is 0.703. The lowest BCUT2D eigenvalue weighted by atomic mass is 10.3. The van der Waals surface area contributed by atoms with Crippen molar-refractivity contribution in [2.24, 2.45) is 0 Å². The van der Waals surface area contributed by atoms with Crippen molar-refractivity contribution < 1.29 is 8.42 Å². The molecule has 9 heteroatoms. The van der Waals surface area contributed by atoms with E-state index in [0.717, 1.165) is 0 Å². The summed E-state index contributed by atoms with van der Waals surface area (Å²) < 4.78 is 28.6. The second-order valence-electron chi connectivity index (χ2n) is 5.07. The van der Waals surface area contributed by atoms with Gasteiger partial charge in [-0.05, 0) is 30.3 Å². The number of nitrogens with one attached hydrogen (secondary N) is 1. The molecular formula is C15H12Cl3N3O2S. The van der Waals surface area contributed by atoms with Crippen molar-refractivity contribution in [2.45, 2.75) is 11.3 Å². The summed E-state index contributed by atoms with van der Waals surface area (Å²) in [7, 11) is -3.58. The van der Waals surface area contributed by atoms with E-state index in [-0.39, 0.29) is 11.4 Å². The molecule has 1 N–H and O–H groups in total. The first kappa shape index (κ1) is 17.5. The first-order chi connectivity index (χ1) is 11.3. The Bertz CT molecular complexity index is 985. The molecule has 0 aliphatic rings. The molecule has 0 aliphatic carbocycles. The lowest BCUT2D eigenvalue weighted by molar-refractivity contribution is 0.581. The third-order valence-corrected chi connectivity index (χ3v) is 5.53. The number of aromatic nitrogens is 2. The molecule has 0 saturated heterocycles. The summed E-state index contributed by atoms with van der Waals surface area (Å²) in [6.07, 6.45) is 3.88. The van der Waals surface area contributed by atoms with Crippen LogP contribution in [0.3, 0.4) is 0 Å². The fourth-order valence-electron chi connectivity index (χ4n) is 2.21. The standard InChI is InChI=1S/C15H12Cl3N3O2S/c16-10-1-3-13(4-2-10)24(22,23)19-6-5-12-9-21-8-11(17)7-14(18)15(21)20-12/h1-4,7-9,19H,5-6H2. The Morgan fingerprint density at radius 1 is 1.04 bits per heavy atom. The van der Waals surface area contributed by atoms with E-state index in [1.165, 1.54) is 24.3 Å². The third kappa shape index (κ3) is 3.84. The van der Waals surface area contributed by atoms with Crippen LogP contribution >= 0.6 is 34.8 Å². The van der Waals surface area contributed by atoms with Crippen LogP contribution in [-0.2, 0) is 16.4 Å². The highest BCUT2D eigenvalue weighted by Crippen LogP contribution is 2.22. The Hall–Kier alpha value is -1.31. The van der Waals surface area contributed by atoms with Crippen LogP contribution in [0.5, 0.6) is 0 Å². The molecule has 3 rings (SSSR count). The largest absolute Gasteiger partial charge is 0.304 e. The van der Waals surface area contributed by atoms with Crippen molar-refractivity contribution >= 4 is 50.5 Å². The molecule has 0 amide bonds. The Kier molecular flexibility index (Phi) is 5.03. The zero-order valence-corrected chi connectivity index (χ0v) is 15.3. The first-order valence-electron chi connectivity index (χ1n) is 6.93. The van der Waals surface area contributed by atoms with Crippen molar-refractivity contribution in [2.75, 3.05) is 6.54 Å². The van der Waals surface area contributed by atoms with Gasteiger partial charge in [0.05, 0.1) is 20.6 Å². The average Bonchev–Trinajstić information content (AvgIpc) is 2.90. The summed E-state index contributed by atoms with van der Waals surface area (Å²) in [5.74, 6) is 0. The highest BCUT2D eigenvalue weighted by molar-refractivity contribution is 7.89. The minimum atomic E-state index is -3.58. The molecule has 0 unspecified atom stereocenters. The van der Waals surface area contributed by atoms with Gasteiger partial charge in [0.2, 0.25) is 10.0 Å². The smallest absolute Gasteiger partial charge is 0.240 e. The second kappa shape index (κ2) is 6.90. The second-order valence-corrected chi connectivity index (χ2v) is 8.12. The van der Waals surface area contributed by atoms with Gasteiger partial charge in [-0.1, -0.05) is 34.8 Å². The summed E-state index contributed by atoms with van der Waals surface area (Å²) in [5, 5.41) is 1.42. The van der Waals surface area contributed by atoms with Crippen molar-refractivity contribution in [1.82, 2.24) is 14.1 Å². The molecule has 1 aromatic carbocycles. The van der Waals surface area contributed by atoms with Gasteiger partial charge in [-0.25, -0.2) is 18.1 Å². The molecule has 0 spiro atoms. The zero-order chi connectivity index (χ0) is 17.3. The Balaban J connectivity index is 1.70. The van der Waals surface area contributed by atoms with Gasteiger partial charge in [-0.2, -0.15) is 0 Å². The maximum absolute atomic E-state index is 12.2. The summed E-state index contributed by atoms with van der Waals surface area (Å²) >= 11 is 17.8. The van der Waals surface area contributed by atoms with Gasteiger partial charge in [0, 0.05) is 30.4 Å². The lowest BCUT2D eigenvalue weighted by Gasteiger charge is -2.05. The molecule has 0 aliphatic heterocycles. The van der Waals surface area contributed by atoms with E-state index in [9.17, 15) is 8.42 Å². The predicted octanol–water partition coefficient (Wildman–Crippen LogP) is 3.82. The van der Waals surface area contributed by atoms with E-state index in [1.807, 2.05) is 0 Å². The van der Waals surface area contributed by atoms with Gasteiger partial charge < -0.3 is 4.40 Å². The SMILES string of the molecule is O=S(=O)(NCCc1cn2cc(Cl)cc(Cl)c2n1)c1ccc(Cl)cc1. The van der Waals surface area contributed by atoms with Crippen LogP contribution in [-0.4, -0.2) is 24.3 Å². The van der Waals surface area contributed by atoms with Gasteiger partial charge in [0.15, 0.2) is 5.65 Å². The van der Waals surface area contributed by atoms with Gasteiger partial charge in [-0.15, -0.1) is 0 Å². The molecule has 2 heterocycles. The molecule has 24 heavy (non-hydrogen) atoms. The lowest BCUT2D eigenvalue weighted by Crippen LogP contribution is -2.26. The van der Waals surface area contributed by atoms with E-state index >= 15 is 0 Å². The van der Waals surface area contributed by atoms with Crippen LogP contribution in [0.25, 0.3) is 5.65 Å². The number of pyridine rings is 1. The van der Waals surface area contributed by atoms with Crippen LogP contribution in [0.1, 0.15) is 5.69 Å². The Labute approximate surface area is 154 Å². The fourth-order valence-corrected chi connectivity index (χ4v) is 3.89. The van der Waals surface area contributed by atoms with Crippen molar-refractivity contribution in [3.8, 4) is 0 Å². The van der Waals surface area contributed by atoms with Gasteiger partial charge in [-0.3, -0.25) is 0 Å². The Morgan fingerprint density at radius 3 is 2.46 bits per heavy atom. The summed E-state index contributed by atoms with van der Waals surface area (Å²) in [6.45, 7) is 0.209. The van der Waals surface area contributed by atoms with E-state index in [1.54, 1.807) is 22.9 Å². The average molecular weight is 405 g/mol. The topological polar surface area (TPSA) is 63.5 Å². The van der Waals surface area contributed by atoms with Gasteiger partial charge in [0.25, 0.3) is 0 Å². The first-order valence-corrected chi connectivity index (χ1v) is 9.55. The molecule has 5 nitrogen and oxygen atoms in total. The third-order valence-electron chi connectivity index (χ3n) is 3.32. The minimum Gasteiger partial charge on any atom is -0.304 e. The number of hydrogen-bond acceptors (Lipinski definition) is 3. The van der Waals surface area contributed by atoms with Crippen molar-refractivity contribution in [3.05, 3.63) is 63.5 Å². The number of imidazole rings is 1. The van der Waals surface area contributed by atoms with Crippen LogP contribution in [0.15, 0.2) is 47.6 Å². The molecule has 0 fully saturated rings. The number of halogens is 3. The van der Waals surface area contributed by atoms with E-state index in [4.69, 9.17) is 34.8 Å². The zero-order valence-electron chi connectivity index (χ0n) is 12.2. The van der Waals surface area contributed by atoms with Gasteiger partial charge >= 0.3 is 0 Å². The number of sulfonamides is 1. The van der Waals surface area contributed by atoms with E-state index in [2.05, 4.69) is 9.71 Å².